The van der Waals surface area contributed by atoms with Crippen LogP contribution in [0.1, 0.15) is 39.5 Å². The second-order valence-corrected chi connectivity index (χ2v) is 6.93. The van der Waals surface area contributed by atoms with E-state index >= 15 is 0 Å². The average molecular weight is 263 g/mol. The molecule has 1 N–H and O–H groups in total. The van der Waals surface area contributed by atoms with Crippen molar-refractivity contribution in [2.45, 2.75) is 39.5 Å². The second kappa shape index (κ2) is 5.35. The zero-order valence-electron chi connectivity index (χ0n) is 10.5. The van der Waals surface area contributed by atoms with Crippen LogP contribution in [0.5, 0.6) is 0 Å². The Morgan fingerprint density at radius 3 is 2.53 bits per heavy atom. The molecule has 0 amide bonds. The van der Waals surface area contributed by atoms with Gasteiger partial charge in [0.25, 0.3) is 0 Å². The minimum absolute atomic E-state index is 0.0365. The summed E-state index contributed by atoms with van der Waals surface area (Å²) < 4.78 is 25.0. The fourth-order valence-corrected chi connectivity index (χ4v) is 3.69. The number of hydrogen-bond acceptors (Lipinski definition) is 3. The van der Waals surface area contributed by atoms with E-state index in [4.69, 9.17) is 0 Å². The molecule has 1 aliphatic heterocycles. The van der Waals surface area contributed by atoms with Gasteiger partial charge in [-0.25, -0.2) is 12.7 Å². The molecule has 1 heterocycles. The lowest BCUT2D eigenvalue weighted by atomic mass is 9.77. The van der Waals surface area contributed by atoms with Crippen LogP contribution in [0.25, 0.3) is 0 Å². The number of aliphatic carboxylic acids is 1. The Bertz CT molecular complexity index is 375. The molecule has 0 spiro atoms. The second-order valence-electron chi connectivity index (χ2n) is 4.67. The van der Waals surface area contributed by atoms with Crippen LogP contribution in [0.3, 0.4) is 0 Å². The largest absolute Gasteiger partial charge is 0.481 e. The summed E-state index contributed by atoms with van der Waals surface area (Å²) in [6.45, 7) is 4.10. The summed E-state index contributed by atoms with van der Waals surface area (Å²) in [6, 6.07) is 0. The maximum atomic E-state index is 11.8. The summed E-state index contributed by atoms with van der Waals surface area (Å²) in [4.78, 5) is 11.4. The van der Waals surface area contributed by atoms with E-state index < -0.39 is 21.4 Å². The lowest BCUT2D eigenvalue weighted by Gasteiger charge is -2.39. The number of carboxylic acid groups (broad SMARTS) is 1. The van der Waals surface area contributed by atoms with Crippen molar-refractivity contribution in [1.29, 1.82) is 0 Å². The molecule has 0 aromatic carbocycles. The molecule has 1 atom stereocenters. The smallest absolute Gasteiger partial charge is 0.310 e. The minimum atomic E-state index is -3.27. The Hall–Kier alpha value is -0.620. The van der Waals surface area contributed by atoms with Gasteiger partial charge in [0.05, 0.1) is 11.2 Å². The molecule has 0 saturated carbocycles. The molecule has 6 heteroatoms. The van der Waals surface area contributed by atoms with Crippen molar-refractivity contribution >= 4 is 16.0 Å². The SMILES string of the molecule is CCCC1(C(=O)O)CCCN(S(=O)(=O)CC)C1. The van der Waals surface area contributed by atoms with Crippen molar-refractivity contribution in [2.24, 2.45) is 5.41 Å². The Morgan fingerprint density at radius 1 is 1.41 bits per heavy atom. The van der Waals surface area contributed by atoms with Gasteiger partial charge < -0.3 is 5.11 Å². The van der Waals surface area contributed by atoms with E-state index in [2.05, 4.69) is 0 Å². The van der Waals surface area contributed by atoms with Crippen molar-refractivity contribution in [3.05, 3.63) is 0 Å². The van der Waals surface area contributed by atoms with Crippen molar-refractivity contribution < 1.29 is 18.3 Å². The number of piperidine rings is 1. The van der Waals surface area contributed by atoms with Crippen LogP contribution in [-0.4, -0.2) is 42.6 Å². The van der Waals surface area contributed by atoms with Crippen molar-refractivity contribution in [2.75, 3.05) is 18.8 Å². The minimum Gasteiger partial charge on any atom is -0.481 e. The number of nitrogens with zero attached hydrogens (tertiary/aromatic N) is 1. The Morgan fingerprint density at radius 2 is 2.06 bits per heavy atom. The van der Waals surface area contributed by atoms with Crippen molar-refractivity contribution in [1.82, 2.24) is 4.31 Å². The van der Waals surface area contributed by atoms with Gasteiger partial charge in [0.1, 0.15) is 0 Å². The molecule has 1 saturated heterocycles. The lowest BCUT2D eigenvalue weighted by Crippen LogP contribution is -2.50. The van der Waals surface area contributed by atoms with E-state index in [-0.39, 0.29) is 12.3 Å². The molecule has 5 nitrogen and oxygen atoms in total. The highest BCUT2D eigenvalue weighted by Crippen LogP contribution is 2.36. The summed E-state index contributed by atoms with van der Waals surface area (Å²) in [5.74, 6) is -0.829. The molecule has 0 bridgehead atoms. The van der Waals surface area contributed by atoms with Gasteiger partial charge in [0.2, 0.25) is 10.0 Å². The Balaban J connectivity index is 2.93. The van der Waals surface area contributed by atoms with E-state index in [9.17, 15) is 18.3 Å². The van der Waals surface area contributed by atoms with Crippen LogP contribution in [0.2, 0.25) is 0 Å². The molecule has 100 valence electrons. The molecular weight excluding hydrogens is 242 g/mol. The van der Waals surface area contributed by atoms with Gasteiger partial charge in [0.15, 0.2) is 0 Å². The zero-order valence-corrected chi connectivity index (χ0v) is 11.3. The van der Waals surface area contributed by atoms with Gasteiger partial charge in [-0.2, -0.15) is 0 Å². The van der Waals surface area contributed by atoms with Gasteiger partial charge in [0, 0.05) is 13.1 Å². The van der Waals surface area contributed by atoms with Crippen LogP contribution in [0.4, 0.5) is 0 Å². The maximum absolute atomic E-state index is 11.8. The third-order valence-electron chi connectivity index (χ3n) is 3.48. The molecule has 1 aliphatic rings. The first-order valence-electron chi connectivity index (χ1n) is 6.09. The van der Waals surface area contributed by atoms with E-state index in [1.54, 1.807) is 6.92 Å². The number of hydrogen-bond donors (Lipinski definition) is 1. The topological polar surface area (TPSA) is 74.7 Å². The van der Waals surface area contributed by atoms with Crippen LogP contribution in [0, 0.1) is 5.41 Å². The fourth-order valence-electron chi connectivity index (χ4n) is 2.47. The summed E-state index contributed by atoms with van der Waals surface area (Å²) in [5, 5.41) is 9.35. The third-order valence-corrected chi connectivity index (χ3v) is 5.31. The van der Waals surface area contributed by atoms with Crippen molar-refractivity contribution in [3.63, 3.8) is 0 Å². The molecule has 0 aromatic rings. The quantitative estimate of drug-likeness (QED) is 0.811. The van der Waals surface area contributed by atoms with E-state index in [1.165, 1.54) is 4.31 Å². The summed E-state index contributed by atoms with van der Waals surface area (Å²) in [6.07, 6.45) is 2.50. The van der Waals surface area contributed by atoms with Gasteiger partial charge in [-0.05, 0) is 26.2 Å². The van der Waals surface area contributed by atoms with Gasteiger partial charge >= 0.3 is 5.97 Å². The molecule has 1 unspecified atom stereocenters. The fraction of sp³-hybridized carbons (Fsp3) is 0.909. The molecular formula is C11H21NO4S. The maximum Gasteiger partial charge on any atom is 0.310 e. The highest BCUT2D eigenvalue weighted by Gasteiger charge is 2.44. The Labute approximate surface area is 103 Å². The molecule has 0 radical (unpaired) electrons. The van der Waals surface area contributed by atoms with Gasteiger partial charge in [-0.3, -0.25) is 4.79 Å². The van der Waals surface area contributed by atoms with Crippen LogP contribution in [0.15, 0.2) is 0 Å². The van der Waals surface area contributed by atoms with Crippen LogP contribution < -0.4 is 0 Å². The normalized spacial score (nSPS) is 26.9. The summed E-state index contributed by atoms with van der Waals surface area (Å²) >= 11 is 0. The van der Waals surface area contributed by atoms with Crippen LogP contribution >= 0.6 is 0 Å². The van der Waals surface area contributed by atoms with Crippen molar-refractivity contribution in [3.8, 4) is 0 Å². The standard InChI is InChI=1S/C11H21NO4S/c1-3-6-11(10(13)14)7-5-8-12(9-11)17(15,16)4-2/h3-9H2,1-2H3,(H,13,14). The first-order chi connectivity index (χ1) is 7.88. The van der Waals surface area contributed by atoms with Crippen LogP contribution in [-0.2, 0) is 14.8 Å². The predicted octanol–water partition coefficient (Wildman–Crippen LogP) is 1.30. The molecule has 1 fully saturated rings. The average Bonchev–Trinajstić information content (AvgIpc) is 2.29. The van der Waals surface area contributed by atoms with E-state index in [0.29, 0.717) is 25.8 Å². The lowest BCUT2D eigenvalue weighted by molar-refractivity contribution is -0.151. The molecule has 0 aromatic heterocycles. The number of carbonyl (C=O) groups is 1. The molecule has 0 aliphatic carbocycles. The summed E-state index contributed by atoms with van der Waals surface area (Å²) in [5.41, 5.74) is -0.880. The number of carboxylic acids is 1. The van der Waals surface area contributed by atoms with E-state index in [1.807, 2.05) is 6.92 Å². The number of sulfonamides is 1. The van der Waals surface area contributed by atoms with Gasteiger partial charge in [-0.1, -0.05) is 13.3 Å². The molecule has 17 heavy (non-hydrogen) atoms. The molecule has 1 rings (SSSR count). The highest BCUT2D eigenvalue weighted by atomic mass is 32.2. The number of rotatable bonds is 5. The predicted molar refractivity (Wildman–Crippen MR) is 65.2 cm³/mol. The van der Waals surface area contributed by atoms with Gasteiger partial charge in [-0.15, -0.1) is 0 Å². The monoisotopic (exact) mass is 263 g/mol. The summed E-state index contributed by atoms with van der Waals surface area (Å²) in [7, 11) is -3.27. The third kappa shape index (κ3) is 2.98. The van der Waals surface area contributed by atoms with E-state index in [0.717, 1.165) is 6.42 Å². The first kappa shape index (κ1) is 14.4. The first-order valence-corrected chi connectivity index (χ1v) is 7.70. The highest BCUT2D eigenvalue weighted by molar-refractivity contribution is 7.89. The Kier molecular flexibility index (Phi) is 4.55. The zero-order chi connectivity index (χ0) is 13.1.